The molecule has 0 bridgehead atoms. The average Bonchev–Trinajstić information content (AvgIpc) is 3.20. The van der Waals surface area contributed by atoms with Gasteiger partial charge in [0, 0.05) is 23.9 Å². The van der Waals surface area contributed by atoms with Gasteiger partial charge in [-0.1, -0.05) is 44.2 Å². The van der Waals surface area contributed by atoms with Gasteiger partial charge >= 0.3 is 0 Å². The first-order valence-corrected chi connectivity index (χ1v) is 11.4. The Morgan fingerprint density at radius 1 is 1.03 bits per heavy atom. The largest absolute Gasteiger partial charge is 0.492 e. The summed E-state index contributed by atoms with van der Waals surface area (Å²) in [6, 6.07) is 17.8. The molecule has 0 aliphatic heterocycles. The Morgan fingerprint density at radius 3 is 2.48 bits per heavy atom. The summed E-state index contributed by atoms with van der Waals surface area (Å²) in [5.74, 6) is 0.845. The van der Waals surface area contributed by atoms with Crippen molar-refractivity contribution in [1.82, 2.24) is 19.5 Å². The Morgan fingerprint density at radius 2 is 1.77 bits per heavy atom. The average molecular weight is 435 g/mol. The van der Waals surface area contributed by atoms with E-state index in [4.69, 9.17) is 4.74 Å². The minimum Gasteiger partial charge on any atom is -0.492 e. The molecule has 0 spiro atoms. The number of hydrogen-bond donors (Lipinski definition) is 0. The van der Waals surface area contributed by atoms with Gasteiger partial charge < -0.3 is 9.64 Å². The molecule has 0 fully saturated rings. The molecule has 2 aromatic carbocycles. The number of benzene rings is 2. The van der Waals surface area contributed by atoms with E-state index in [9.17, 15) is 4.79 Å². The van der Waals surface area contributed by atoms with Gasteiger partial charge in [-0.2, -0.15) is 10.1 Å². The van der Waals surface area contributed by atoms with E-state index in [0.29, 0.717) is 23.7 Å². The molecule has 0 saturated heterocycles. The van der Waals surface area contributed by atoms with E-state index in [0.717, 1.165) is 42.2 Å². The highest BCUT2D eigenvalue weighted by Gasteiger charge is 2.13. The van der Waals surface area contributed by atoms with Gasteiger partial charge in [-0.05, 0) is 42.9 Å². The van der Waals surface area contributed by atoms with E-state index >= 15 is 0 Å². The van der Waals surface area contributed by atoms with Crippen LogP contribution in [0.1, 0.15) is 25.1 Å². The zero-order valence-electron chi connectivity index (χ0n) is 17.8. The molecule has 4 rings (SSSR count). The van der Waals surface area contributed by atoms with E-state index in [1.165, 1.54) is 11.3 Å². The van der Waals surface area contributed by atoms with Crippen molar-refractivity contribution in [2.75, 3.05) is 26.2 Å². The number of nitrogens with zero attached hydrogens (tertiary/aromatic N) is 4. The quantitative estimate of drug-likeness (QED) is 0.396. The lowest BCUT2D eigenvalue weighted by Gasteiger charge is -2.18. The fourth-order valence-corrected chi connectivity index (χ4v) is 4.27. The van der Waals surface area contributed by atoms with Gasteiger partial charge in [0.25, 0.3) is 5.56 Å². The predicted molar refractivity (Wildman–Crippen MR) is 125 cm³/mol. The molecule has 7 heteroatoms. The Hall–Kier alpha value is -3.03. The Balaban J connectivity index is 1.54. The summed E-state index contributed by atoms with van der Waals surface area (Å²) in [4.78, 5) is 19.6. The van der Waals surface area contributed by atoms with Crippen molar-refractivity contribution >= 4 is 16.3 Å². The van der Waals surface area contributed by atoms with E-state index in [2.05, 4.69) is 28.8 Å². The third kappa shape index (κ3) is 5.00. The first kappa shape index (κ1) is 21.2. The molecular weight excluding hydrogens is 408 g/mol. The number of ether oxygens (including phenoxy) is 1. The van der Waals surface area contributed by atoms with Crippen molar-refractivity contribution in [2.45, 2.75) is 20.3 Å². The van der Waals surface area contributed by atoms with Crippen LogP contribution in [-0.2, 0) is 6.42 Å². The zero-order chi connectivity index (χ0) is 21.6. The van der Waals surface area contributed by atoms with Crippen molar-refractivity contribution in [1.29, 1.82) is 0 Å². The molecule has 2 heterocycles. The van der Waals surface area contributed by atoms with Gasteiger partial charge in [0.15, 0.2) is 0 Å². The monoisotopic (exact) mass is 434 g/mol. The summed E-state index contributed by atoms with van der Waals surface area (Å²) in [6.45, 7) is 7.95. The molecule has 0 amide bonds. The van der Waals surface area contributed by atoms with Crippen molar-refractivity contribution in [2.24, 2.45) is 0 Å². The SMILES string of the molecule is CCN(CC)CCOc1ccc(-c2csc3nc(=O)c(Cc4ccccc4)nn23)cc1. The second-order valence-electron chi connectivity index (χ2n) is 7.24. The molecule has 0 N–H and O–H groups in total. The lowest BCUT2D eigenvalue weighted by molar-refractivity contribution is 0.223. The molecule has 2 aromatic heterocycles. The molecule has 4 aromatic rings. The van der Waals surface area contributed by atoms with Gasteiger partial charge in [-0.25, -0.2) is 4.52 Å². The number of hydrogen-bond acceptors (Lipinski definition) is 6. The van der Waals surface area contributed by atoms with Crippen LogP contribution in [-0.4, -0.2) is 45.7 Å². The number of aromatic nitrogens is 3. The van der Waals surface area contributed by atoms with Crippen molar-refractivity contribution < 1.29 is 4.74 Å². The molecule has 0 aliphatic carbocycles. The minimum absolute atomic E-state index is 0.269. The van der Waals surface area contributed by atoms with Crippen LogP contribution in [0.15, 0.2) is 64.8 Å². The first-order valence-electron chi connectivity index (χ1n) is 10.5. The Labute approximate surface area is 185 Å². The third-order valence-electron chi connectivity index (χ3n) is 5.29. The summed E-state index contributed by atoms with van der Waals surface area (Å²) < 4.78 is 7.65. The normalized spacial score (nSPS) is 11.3. The maximum Gasteiger partial charge on any atom is 0.296 e. The van der Waals surface area contributed by atoms with Crippen LogP contribution in [0.5, 0.6) is 5.75 Å². The number of likely N-dealkylation sites (N-methyl/N-ethyl adjacent to an activating group) is 1. The molecule has 0 saturated carbocycles. The molecule has 6 nitrogen and oxygen atoms in total. The van der Waals surface area contributed by atoms with Crippen molar-refractivity contribution in [3.8, 4) is 17.0 Å². The molecule has 31 heavy (non-hydrogen) atoms. The lowest BCUT2D eigenvalue weighted by atomic mass is 10.1. The van der Waals surface area contributed by atoms with E-state index < -0.39 is 0 Å². The van der Waals surface area contributed by atoms with E-state index in [-0.39, 0.29) is 5.56 Å². The van der Waals surface area contributed by atoms with E-state index in [1.54, 1.807) is 4.52 Å². The van der Waals surface area contributed by atoms with Crippen molar-refractivity contribution in [3.63, 3.8) is 0 Å². The second kappa shape index (κ2) is 9.85. The fraction of sp³-hybridized carbons (Fsp3) is 0.292. The summed E-state index contributed by atoms with van der Waals surface area (Å²) in [6.07, 6.45) is 0.463. The molecule has 0 aliphatic rings. The maximum absolute atomic E-state index is 12.4. The van der Waals surface area contributed by atoms with Crippen LogP contribution in [0.25, 0.3) is 16.2 Å². The van der Waals surface area contributed by atoms with Gasteiger partial charge in [-0.15, -0.1) is 11.3 Å². The maximum atomic E-state index is 12.4. The molecule has 0 radical (unpaired) electrons. The van der Waals surface area contributed by atoms with Gasteiger partial charge in [0.05, 0.1) is 5.69 Å². The van der Waals surface area contributed by atoms with Crippen LogP contribution in [0.4, 0.5) is 0 Å². The fourth-order valence-electron chi connectivity index (χ4n) is 3.44. The summed E-state index contributed by atoms with van der Waals surface area (Å²) in [5.41, 5.74) is 3.13. The van der Waals surface area contributed by atoms with E-state index in [1.807, 2.05) is 60.0 Å². The summed E-state index contributed by atoms with van der Waals surface area (Å²) in [5, 5.41) is 6.62. The number of thiazole rings is 1. The standard InChI is InChI=1S/C24H26N4O2S/c1-3-27(4-2)14-15-30-20-12-10-19(11-13-20)22-17-31-24-25-23(29)21(26-28(22)24)16-18-8-6-5-7-9-18/h5-13,17H,3-4,14-16H2,1-2H3. The van der Waals surface area contributed by atoms with Crippen LogP contribution in [0.3, 0.4) is 0 Å². The van der Waals surface area contributed by atoms with Crippen LogP contribution >= 0.6 is 11.3 Å². The molecule has 0 atom stereocenters. The number of rotatable bonds is 9. The minimum atomic E-state index is -0.269. The highest BCUT2D eigenvalue weighted by molar-refractivity contribution is 7.15. The second-order valence-corrected chi connectivity index (χ2v) is 8.08. The van der Waals surface area contributed by atoms with Gasteiger partial charge in [0.1, 0.15) is 18.1 Å². The smallest absolute Gasteiger partial charge is 0.296 e. The highest BCUT2D eigenvalue weighted by Crippen LogP contribution is 2.26. The Bertz CT molecular complexity index is 1180. The summed E-state index contributed by atoms with van der Waals surface area (Å²) in [7, 11) is 0. The van der Waals surface area contributed by atoms with Crippen molar-refractivity contribution in [3.05, 3.63) is 81.6 Å². The zero-order valence-corrected chi connectivity index (χ0v) is 18.6. The van der Waals surface area contributed by atoms with Crippen LogP contribution in [0, 0.1) is 0 Å². The third-order valence-corrected chi connectivity index (χ3v) is 6.10. The van der Waals surface area contributed by atoms with Gasteiger partial charge in [0.2, 0.25) is 4.96 Å². The van der Waals surface area contributed by atoms with Crippen LogP contribution in [0.2, 0.25) is 0 Å². The molecule has 160 valence electrons. The van der Waals surface area contributed by atoms with Crippen LogP contribution < -0.4 is 10.3 Å². The lowest BCUT2D eigenvalue weighted by Crippen LogP contribution is -2.27. The molecular formula is C24H26N4O2S. The predicted octanol–water partition coefficient (Wildman–Crippen LogP) is 4.13. The first-order chi connectivity index (χ1) is 15.2. The summed E-state index contributed by atoms with van der Waals surface area (Å²) >= 11 is 1.42. The number of fused-ring (bicyclic) bond motifs is 1. The highest BCUT2D eigenvalue weighted by atomic mass is 32.1. The van der Waals surface area contributed by atoms with Gasteiger partial charge in [-0.3, -0.25) is 4.79 Å². The Kier molecular flexibility index (Phi) is 6.74. The topological polar surface area (TPSA) is 59.7 Å². The molecule has 0 unspecified atom stereocenters.